The number of nitrogens with one attached hydrogen (secondary N) is 1. The van der Waals surface area contributed by atoms with Gasteiger partial charge in [0.2, 0.25) is 0 Å². The number of rotatable bonds is 4. The number of aliphatic hydroxyl groups excluding tert-OH is 1. The average molecular weight is 184 g/mol. The first-order valence-corrected chi connectivity index (χ1v) is 4.30. The highest BCUT2D eigenvalue weighted by Crippen LogP contribution is 2.18. The fourth-order valence-corrected chi connectivity index (χ4v) is 1.28. The molecule has 0 aliphatic heterocycles. The Labute approximate surface area is 77.7 Å². The van der Waals surface area contributed by atoms with Crippen molar-refractivity contribution in [1.82, 2.24) is 5.32 Å². The van der Waals surface area contributed by atoms with Crippen molar-refractivity contribution in [2.75, 3.05) is 13.6 Å². The van der Waals surface area contributed by atoms with E-state index in [0.717, 1.165) is 11.5 Å². The van der Waals surface area contributed by atoms with Crippen molar-refractivity contribution in [3.8, 4) is 0 Å². The lowest BCUT2D eigenvalue weighted by atomic mass is 10.1. The van der Waals surface area contributed by atoms with Gasteiger partial charge in [0.05, 0.1) is 12.1 Å². The molecule has 0 amide bonds. The SMILES string of the molecule is CNC(c1ccc(C)o1)C(O)CN. The molecule has 1 aromatic heterocycles. The zero-order valence-corrected chi connectivity index (χ0v) is 7.95. The number of aliphatic hydroxyl groups is 1. The quantitative estimate of drug-likeness (QED) is 0.623. The summed E-state index contributed by atoms with van der Waals surface area (Å²) in [5.41, 5.74) is 5.36. The molecule has 0 aliphatic carbocycles. The van der Waals surface area contributed by atoms with Crippen LogP contribution in [-0.4, -0.2) is 24.8 Å². The molecule has 0 bridgehead atoms. The van der Waals surface area contributed by atoms with Crippen molar-refractivity contribution in [2.24, 2.45) is 5.73 Å². The molecule has 1 rings (SSSR count). The van der Waals surface area contributed by atoms with Crippen molar-refractivity contribution in [2.45, 2.75) is 19.1 Å². The zero-order valence-electron chi connectivity index (χ0n) is 7.95. The Balaban J connectivity index is 2.77. The molecule has 2 atom stereocenters. The summed E-state index contributed by atoms with van der Waals surface area (Å²) in [6.07, 6.45) is -0.615. The van der Waals surface area contributed by atoms with Crippen LogP contribution in [-0.2, 0) is 0 Å². The van der Waals surface area contributed by atoms with Crippen LogP contribution < -0.4 is 11.1 Å². The maximum atomic E-state index is 9.53. The Morgan fingerprint density at radius 3 is 2.69 bits per heavy atom. The largest absolute Gasteiger partial charge is 0.465 e. The number of hydrogen-bond acceptors (Lipinski definition) is 4. The summed E-state index contributed by atoms with van der Waals surface area (Å²) in [4.78, 5) is 0. The highest BCUT2D eigenvalue weighted by Gasteiger charge is 2.20. The van der Waals surface area contributed by atoms with Gasteiger partial charge < -0.3 is 20.6 Å². The van der Waals surface area contributed by atoms with E-state index >= 15 is 0 Å². The first-order valence-electron chi connectivity index (χ1n) is 4.30. The molecule has 0 fully saturated rings. The van der Waals surface area contributed by atoms with Gasteiger partial charge in [0.15, 0.2) is 0 Å². The minimum absolute atomic E-state index is 0.214. The van der Waals surface area contributed by atoms with Gasteiger partial charge in [0, 0.05) is 6.54 Å². The molecule has 0 aliphatic rings. The summed E-state index contributed by atoms with van der Waals surface area (Å²) < 4.78 is 5.38. The Morgan fingerprint density at radius 1 is 1.62 bits per heavy atom. The maximum absolute atomic E-state index is 9.53. The molecule has 4 heteroatoms. The smallest absolute Gasteiger partial charge is 0.123 e. The van der Waals surface area contributed by atoms with Crippen LogP contribution in [0.1, 0.15) is 17.6 Å². The van der Waals surface area contributed by atoms with Gasteiger partial charge in [-0.25, -0.2) is 0 Å². The summed E-state index contributed by atoms with van der Waals surface area (Å²) in [6, 6.07) is 3.48. The summed E-state index contributed by atoms with van der Waals surface area (Å²) >= 11 is 0. The number of hydrogen-bond donors (Lipinski definition) is 3. The first-order chi connectivity index (χ1) is 6.19. The van der Waals surface area contributed by atoms with E-state index in [2.05, 4.69) is 5.32 Å². The van der Waals surface area contributed by atoms with Crippen LogP contribution >= 0.6 is 0 Å². The van der Waals surface area contributed by atoms with E-state index in [1.165, 1.54) is 0 Å². The highest BCUT2D eigenvalue weighted by molar-refractivity contribution is 5.11. The van der Waals surface area contributed by atoms with E-state index in [0.29, 0.717) is 0 Å². The molecule has 1 aromatic rings. The van der Waals surface area contributed by atoms with E-state index in [-0.39, 0.29) is 12.6 Å². The monoisotopic (exact) mass is 184 g/mol. The van der Waals surface area contributed by atoms with Crippen LogP contribution in [0.3, 0.4) is 0 Å². The van der Waals surface area contributed by atoms with Crippen molar-refractivity contribution in [3.05, 3.63) is 23.7 Å². The predicted octanol–water partition coefficient (Wildman–Crippen LogP) is 0.168. The number of aryl methyl sites for hydroxylation is 1. The molecule has 0 spiro atoms. The van der Waals surface area contributed by atoms with E-state index in [4.69, 9.17) is 10.2 Å². The molecule has 2 unspecified atom stereocenters. The molecule has 0 saturated heterocycles. The molecule has 0 saturated carbocycles. The Bertz CT molecular complexity index is 260. The molecule has 0 aromatic carbocycles. The van der Waals surface area contributed by atoms with E-state index in [1.807, 2.05) is 19.1 Å². The Morgan fingerprint density at radius 2 is 2.31 bits per heavy atom. The molecule has 0 radical (unpaired) electrons. The lowest BCUT2D eigenvalue weighted by Crippen LogP contribution is -2.34. The van der Waals surface area contributed by atoms with E-state index in [9.17, 15) is 5.11 Å². The predicted molar refractivity (Wildman–Crippen MR) is 50.3 cm³/mol. The van der Waals surface area contributed by atoms with Gasteiger partial charge in [-0.1, -0.05) is 0 Å². The molecule has 74 valence electrons. The third-order valence-corrected chi connectivity index (χ3v) is 2.00. The summed E-state index contributed by atoms with van der Waals surface area (Å²) in [5, 5.41) is 12.5. The van der Waals surface area contributed by atoms with Gasteiger partial charge in [-0.15, -0.1) is 0 Å². The Hall–Kier alpha value is -0.840. The zero-order chi connectivity index (χ0) is 9.84. The standard InChI is InChI=1S/C9H16N2O2/c1-6-3-4-8(13-6)9(11-2)7(12)5-10/h3-4,7,9,11-12H,5,10H2,1-2H3. The van der Waals surface area contributed by atoms with E-state index < -0.39 is 6.10 Å². The van der Waals surface area contributed by atoms with Gasteiger partial charge in [-0.05, 0) is 26.1 Å². The maximum Gasteiger partial charge on any atom is 0.123 e. The topological polar surface area (TPSA) is 71.4 Å². The number of likely N-dealkylation sites (N-methyl/N-ethyl adjacent to an activating group) is 1. The fourth-order valence-electron chi connectivity index (χ4n) is 1.28. The molecular weight excluding hydrogens is 168 g/mol. The molecular formula is C9H16N2O2. The second-order valence-corrected chi connectivity index (χ2v) is 3.02. The third-order valence-electron chi connectivity index (χ3n) is 2.00. The summed E-state index contributed by atoms with van der Waals surface area (Å²) in [6.45, 7) is 2.08. The van der Waals surface area contributed by atoms with Crippen LogP contribution in [0.2, 0.25) is 0 Å². The molecule has 4 N–H and O–H groups in total. The average Bonchev–Trinajstić information content (AvgIpc) is 2.53. The minimum Gasteiger partial charge on any atom is -0.465 e. The number of nitrogens with two attached hydrogens (primary N) is 1. The second-order valence-electron chi connectivity index (χ2n) is 3.02. The normalized spacial score (nSPS) is 15.7. The van der Waals surface area contributed by atoms with Gasteiger partial charge in [-0.3, -0.25) is 0 Å². The van der Waals surface area contributed by atoms with Crippen LogP contribution in [0.15, 0.2) is 16.5 Å². The van der Waals surface area contributed by atoms with Crippen molar-refractivity contribution in [3.63, 3.8) is 0 Å². The highest BCUT2D eigenvalue weighted by atomic mass is 16.3. The Kier molecular flexibility index (Phi) is 3.48. The summed E-state index contributed by atoms with van der Waals surface area (Å²) in [7, 11) is 1.77. The minimum atomic E-state index is -0.615. The van der Waals surface area contributed by atoms with Crippen molar-refractivity contribution < 1.29 is 9.52 Å². The fraction of sp³-hybridized carbons (Fsp3) is 0.556. The lowest BCUT2D eigenvalue weighted by Gasteiger charge is -2.18. The van der Waals surface area contributed by atoms with Gasteiger partial charge in [0.25, 0.3) is 0 Å². The van der Waals surface area contributed by atoms with Crippen LogP contribution in [0.4, 0.5) is 0 Å². The second kappa shape index (κ2) is 4.41. The van der Waals surface area contributed by atoms with Crippen molar-refractivity contribution >= 4 is 0 Å². The van der Waals surface area contributed by atoms with Gasteiger partial charge >= 0.3 is 0 Å². The molecule has 1 heterocycles. The lowest BCUT2D eigenvalue weighted by molar-refractivity contribution is 0.127. The molecule has 13 heavy (non-hydrogen) atoms. The first kappa shape index (κ1) is 10.2. The van der Waals surface area contributed by atoms with Gasteiger partial charge in [0.1, 0.15) is 11.5 Å². The van der Waals surface area contributed by atoms with Crippen LogP contribution in [0, 0.1) is 6.92 Å². The van der Waals surface area contributed by atoms with Crippen molar-refractivity contribution in [1.29, 1.82) is 0 Å². The van der Waals surface area contributed by atoms with Crippen LogP contribution in [0.25, 0.3) is 0 Å². The third kappa shape index (κ3) is 2.30. The number of furan rings is 1. The summed E-state index contributed by atoms with van der Waals surface area (Å²) in [5.74, 6) is 1.55. The molecule has 4 nitrogen and oxygen atoms in total. The van der Waals surface area contributed by atoms with Crippen LogP contribution in [0.5, 0.6) is 0 Å². The van der Waals surface area contributed by atoms with Gasteiger partial charge in [-0.2, -0.15) is 0 Å². The van der Waals surface area contributed by atoms with E-state index in [1.54, 1.807) is 7.05 Å².